The molecule has 3 heterocycles. The molecule has 1 aliphatic carbocycles. The van der Waals surface area contributed by atoms with Crippen LogP contribution in [0.2, 0.25) is 0 Å². The number of anilines is 5. The topological polar surface area (TPSA) is 19.6 Å². The predicted octanol–water partition coefficient (Wildman–Crippen LogP) is 14.0. The molecule has 0 unspecified atom stereocenters. The van der Waals surface area contributed by atoms with Crippen LogP contribution in [0, 0.1) is 6.92 Å². The van der Waals surface area contributed by atoms with E-state index in [0.717, 1.165) is 23.0 Å². The lowest BCUT2D eigenvalue weighted by Gasteiger charge is -2.48. The maximum absolute atomic E-state index is 6.75. The number of furan rings is 1. The summed E-state index contributed by atoms with van der Waals surface area (Å²) in [6.07, 6.45) is 5.75. The fourth-order valence-corrected chi connectivity index (χ4v) is 10.8. The summed E-state index contributed by atoms with van der Waals surface area (Å²) in [5.74, 6) is 0. The molecule has 0 spiro atoms. The standard InChI is InChI=1S/C55H51BN2O/c1-7-8-17-36-24-25-45(40(32-36)37-18-11-9-12-19-37)57-46-26-27-50-51(39-22-15-16-23-49(39)59-50)53(46)56-52-42(30-35(2)31-48(52)57)41-33-43-44(55(5,6)29-28-54(43,3)4)34-47(41)58(56)38-20-13-10-14-21-38/h9-16,18-27,30-34H,7-8,17,28-29H2,1-6H3. The summed E-state index contributed by atoms with van der Waals surface area (Å²) in [5.41, 5.74) is 21.5. The lowest BCUT2D eigenvalue weighted by Crippen LogP contribution is -2.62. The van der Waals surface area contributed by atoms with Crippen molar-refractivity contribution in [1.82, 2.24) is 0 Å². The molecular weight excluding hydrogens is 715 g/mol. The molecule has 3 aliphatic rings. The van der Waals surface area contributed by atoms with Gasteiger partial charge >= 0.3 is 6.85 Å². The number of benzene rings is 7. The van der Waals surface area contributed by atoms with Crippen molar-refractivity contribution in [3.05, 3.63) is 162 Å². The van der Waals surface area contributed by atoms with Gasteiger partial charge in [-0.2, -0.15) is 0 Å². The molecule has 0 bridgehead atoms. The van der Waals surface area contributed by atoms with Gasteiger partial charge in [0.2, 0.25) is 0 Å². The van der Waals surface area contributed by atoms with Gasteiger partial charge in [0.25, 0.3) is 0 Å². The fraction of sp³-hybridized carbons (Fsp3) is 0.236. The van der Waals surface area contributed by atoms with E-state index in [1.807, 2.05) is 0 Å². The Morgan fingerprint density at radius 1 is 0.593 bits per heavy atom. The second kappa shape index (κ2) is 13.3. The number of hydrogen-bond acceptors (Lipinski definition) is 3. The quantitative estimate of drug-likeness (QED) is 0.157. The van der Waals surface area contributed by atoms with Gasteiger partial charge in [0, 0.05) is 44.6 Å². The van der Waals surface area contributed by atoms with Gasteiger partial charge in [-0.15, -0.1) is 0 Å². The van der Waals surface area contributed by atoms with E-state index >= 15 is 0 Å². The fourth-order valence-electron chi connectivity index (χ4n) is 10.8. The Hall–Kier alpha value is -6.00. The molecule has 0 N–H and O–H groups in total. The molecule has 7 aromatic carbocycles. The van der Waals surface area contributed by atoms with Gasteiger partial charge in [0.1, 0.15) is 11.2 Å². The smallest absolute Gasteiger partial charge is 0.333 e. The van der Waals surface area contributed by atoms with Crippen molar-refractivity contribution in [2.24, 2.45) is 0 Å². The first-order chi connectivity index (χ1) is 28.6. The number of para-hydroxylation sites is 2. The van der Waals surface area contributed by atoms with Crippen molar-refractivity contribution in [3.8, 4) is 22.3 Å². The molecule has 3 nitrogen and oxygen atoms in total. The van der Waals surface area contributed by atoms with E-state index in [2.05, 4.69) is 191 Å². The van der Waals surface area contributed by atoms with Gasteiger partial charge in [-0.05, 0) is 148 Å². The van der Waals surface area contributed by atoms with Crippen LogP contribution in [0.5, 0.6) is 0 Å². The maximum atomic E-state index is 6.75. The molecule has 11 rings (SSSR count). The highest BCUT2D eigenvalue weighted by Gasteiger charge is 2.48. The van der Waals surface area contributed by atoms with Gasteiger partial charge in [-0.3, -0.25) is 0 Å². The summed E-state index contributed by atoms with van der Waals surface area (Å²) >= 11 is 0. The molecule has 0 radical (unpaired) electrons. The Balaban J connectivity index is 1.30. The second-order valence-electron chi connectivity index (χ2n) is 18.7. The predicted molar refractivity (Wildman–Crippen MR) is 252 cm³/mol. The molecule has 59 heavy (non-hydrogen) atoms. The number of nitrogens with zero attached hydrogens (tertiary/aromatic N) is 2. The molecule has 4 heteroatoms. The van der Waals surface area contributed by atoms with Crippen LogP contribution in [-0.2, 0) is 17.3 Å². The lowest BCUT2D eigenvalue weighted by molar-refractivity contribution is 0.332. The van der Waals surface area contributed by atoms with Crippen LogP contribution < -0.4 is 20.6 Å². The molecule has 1 aromatic heterocycles. The van der Waals surface area contributed by atoms with Gasteiger partial charge < -0.3 is 14.1 Å². The Bertz CT molecular complexity index is 2960. The van der Waals surface area contributed by atoms with E-state index in [0.29, 0.717) is 0 Å². The first-order valence-electron chi connectivity index (χ1n) is 21.7. The summed E-state index contributed by atoms with van der Waals surface area (Å²) in [5, 5.41) is 2.34. The van der Waals surface area contributed by atoms with Gasteiger partial charge in [-0.1, -0.05) is 120 Å². The van der Waals surface area contributed by atoms with Crippen LogP contribution >= 0.6 is 0 Å². The minimum atomic E-state index is -0.117. The third-order valence-corrected chi connectivity index (χ3v) is 13.9. The average molecular weight is 767 g/mol. The zero-order valence-corrected chi connectivity index (χ0v) is 35.2. The Labute approximate surface area is 349 Å². The first kappa shape index (κ1) is 36.1. The van der Waals surface area contributed by atoms with Crippen molar-refractivity contribution >= 4 is 68.1 Å². The highest BCUT2D eigenvalue weighted by atomic mass is 16.3. The van der Waals surface area contributed by atoms with E-state index in [9.17, 15) is 0 Å². The molecule has 0 amide bonds. The summed E-state index contributed by atoms with van der Waals surface area (Å²) in [6, 6.07) is 52.7. The van der Waals surface area contributed by atoms with Gasteiger partial charge in [-0.25, -0.2) is 0 Å². The molecular formula is C55H51BN2O. The second-order valence-corrected chi connectivity index (χ2v) is 18.7. The largest absolute Gasteiger partial charge is 0.456 e. The molecule has 0 atom stereocenters. The molecule has 0 fully saturated rings. The Morgan fingerprint density at radius 2 is 1.29 bits per heavy atom. The van der Waals surface area contributed by atoms with E-state index < -0.39 is 0 Å². The van der Waals surface area contributed by atoms with Crippen molar-refractivity contribution < 1.29 is 4.42 Å². The zero-order valence-electron chi connectivity index (χ0n) is 35.2. The number of hydrogen-bond donors (Lipinski definition) is 0. The van der Waals surface area contributed by atoms with E-state index in [4.69, 9.17) is 4.42 Å². The number of unbranched alkanes of at least 4 members (excludes halogenated alkanes) is 1. The minimum Gasteiger partial charge on any atom is -0.456 e. The number of aryl methyl sites for hydroxylation is 2. The van der Waals surface area contributed by atoms with Crippen LogP contribution in [0.3, 0.4) is 0 Å². The maximum Gasteiger partial charge on any atom is 0.333 e. The minimum absolute atomic E-state index is 0.0622. The molecule has 0 saturated heterocycles. The summed E-state index contributed by atoms with van der Waals surface area (Å²) in [7, 11) is 0. The Kier molecular flexibility index (Phi) is 8.12. The SMILES string of the molecule is CCCCc1ccc(N2c3cc(C)cc4c3B(c3c2ccc2oc5ccccc5c32)N(c2ccccc2)c2cc3c(cc2-4)C(C)(C)CCC3(C)C)c(-c2ccccc2)c1. The summed E-state index contributed by atoms with van der Waals surface area (Å²) in [4.78, 5) is 5.28. The van der Waals surface area contributed by atoms with Gasteiger partial charge in [0.15, 0.2) is 0 Å². The lowest BCUT2D eigenvalue weighted by atomic mass is 9.42. The van der Waals surface area contributed by atoms with Crippen LogP contribution in [-0.4, -0.2) is 6.85 Å². The monoisotopic (exact) mass is 766 g/mol. The van der Waals surface area contributed by atoms with Crippen molar-refractivity contribution in [2.45, 2.75) is 84.5 Å². The molecule has 2 aliphatic heterocycles. The summed E-state index contributed by atoms with van der Waals surface area (Å²) in [6.45, 7) is 14.3. The normalized spacial score (nSPS) is 15.9. The van der Waals surface area contributed by atoms with E-state index in [-0.39, 0.29) is 17.7 Å². The average Bonchev–Trinajstić information content (AvgIpc) is 3.64. The van der Waals surface area contributed by atoms with Crippen LogP contribution in [0.25, 0.3) is 44.2 Å². The molecule has 290 valence electrons. The van der Waals surface area contributed by atoms with Crippen molar-refractivity contribution in [2.75, 3.05) is 9.71 Å². The van der Waals surface area contributed by atoms with Crippen LogP contribution in [0.15, 0.2) is 144 Å². The summed E-state index contributed by atoms with van der Waals surface area (Å²) < 4.78 is 6.75. The first-order valence-corrected chi connectivity index (χ1v) is 21.7. The Morgan fingerprint density at radius 3 is 2.05 bits per heavy atom. The highest BCUT2D eigenvalue weighted by molar-refractivity contribution is 6.95. The van der Waals surface area contributed by atoms with Crippen molar-refractivity contribution in [3.63, 3.8) is 0 Å². The number of rotatable bonds is 6. The third-order valence-electron chi connectivity index (χ3n) is 13.9. The molecule has 8 aromatic rings. The van der Waals surface area contributed by atoms with Crippen molar-refractivity contribution in [1.29, 1.82) is 0 Å². The zero-order chi connectivity index (χ0) is 40.2. The van der Waals surface area contributed by atoms with Crippen LogP contribution in [0.1, 0.15) is 82.6 Å². The van der Waals surface area contributed by atoms with Crippen LogP contribution in [0.4, 0.5) is 28.4 Å². The highest BCUT2D eigenvalue weighted by Crippen LogP contribution is 2.54. The third kappa shape index (κ3) is 5.48. The van der Waals surface area contributed by atoms with E-state index in [1.54, 1.807) is 0 Å². The number of fused-ring (bicyclic) bond motifs is 9. The molecule has 0 saturated carbocycles. The van der Waals surface area contributed by atoms with E-state index in [1.165, 1.54) is 115 Å². The van der Waals surface area contributed by atoms with Gasteiger partial charge in [0.05, 0.1) is 5.69 Å².